The quantitative estimate of drug-likeness (QED) is 0.798. The number of anilines is 1. The Bertz CT molecular complexity index is 943. The topological polar surface area (TPSA) is 65.3 Å². The van der Waals surface area contributed by atoms with Crippen LogP contribution in [-0.2, 0) is 16.1 Å². The maximum Gasteiger partial charge on any atom is 0.263 e. The molecule has 0 radical (unpaired) electrons. The molecule has 0 bridgehead atoms. The van der Waals surface area contributed by atoms with Gasteiger partial charge in [0, 0.05) is 5.56 Å². The number of carbonyl (C=O) groups excluding carboxylic acids is 2. The minimum Gasteiger partial charge on any atom is -0.271 e. The summed E-state index contributed by atoms with van der Waals surface area (Å²) in [5.41, 5.74) is 2.99. The molecule has 0 unspecified atom stereocenters. The number of halogens is 1. The number of fused-ring (bicyclic) bond motifs is 1. The van der Waals surface area contributed by atoms with Crippen LogP contribution in [0.1, 0.15) is 16.7 Å². The summed E-state index contributed by atoms with van der Waals surface area (Å²) in [6, 6.07) is 10.0. The first-order valence-corrected chi connectivity index (χ1v) is 8.33. The number of carbonyl (C=O) groups is 2. The van der Waals surface area contributed by atoms with Gasteiger partial charge in [0.15, 0.2) is 12.1 Å². The first kappa shape index (κ1) is 16.4. The fraction of sp³-hybridized carbons (Fsp3) is 0.263. The van der Waals surface area contributed by atoms with Gasteiger partial charge in [-0.3, -0.25) is 14.6 Å². The van der Waals surface area contributed by atoms with Crippen LogP contribution in [0.25, 0.3) is 0 Å². The van der Waals surface area contributed by atoms with E-state index < -0.39 is 18.0 Å². The maximum atomic E-state index is 13.9. The lowest BCUT2D eigenvalue weighted by atomic mass is 10.1. The second-order valence-corrected chi connectivity index (χ2v) is 6.56. The van der Waals surface area contributed by atoms with Crippen molar-refractivity contribution in [1.82, 2.24) is 5.01 Å². The van der Waals surface area contributed by atoms with Crippen LogP contribution in [0, 0.1) is 19.7 Å². The fourth-order valence-corrected chi connectivity index (χ4v) is 3.27. The largest absolute Gasteiger partial charge is 0.271 e. The van der Waals surface area contributed by atoms with Crippen LogP contribution < -0.4 is 4.90 Å². The number of aryl methyl sites for hydroxylation is 2. The van der Waals surface area contributed by atoms with Crippen molar-refractivity contribution in [2.75, 3.05) is 4.90 Å². The van der Waals surface area contributed by atoms with Crippen molar-refractivity contribution in [3.05, 3.63) is 65.0 Å². The van der Waals surface area contributed by atoms with Gasteiger partial charge in [-0.25, -0.2) is 9.29 Å². The van der Waals surface area contributed by atoms with Crippen LogP contribution in [0.4, 0.5) is 10.1 Å². The Labute approximate surface area is 149 Å². The first-order valence-electron chi connectivity index (χ1n) is 8.33. The molecule has 1 fully saturated rings. The van der Waals surface area contributed by atoms with Gasteiger partial charge in [-0.1, -0.05) is 29.5 Å². The molecule has 132 valence electrons. The van der Waals surface area contributed by atoms with E-state index in [-0.39, 0.29) is 18.3 Å². The molecule has 0 aliphatic carbocycles. The molecule has 2 atom stereocenters. The third-order valence-electron chi connectivity index (χ3n) is 4.90. The second-order valence-electron chi connectivity index (χ2n) is 6.56. The van der Waals surface area contributed by atoms with Crippen molar-refractivity contribution in [3.8, 4) is 0 Å². The molecule has 1 saturated heterocycles. The van der Waals surface area contributed by atoms with Crippen LogP contribution in [0.5, 0.6) is 0 Å². The summed E-state index contributed by atoms with van der Waals surface area (Å²) < 4.78 is 13.9. The SMILES string of the molecule is Cc1ccc(N2C(=O)[C@@H]3[C@@H](N=NN3Cc3ccccc3F)C2=O)cc1C. The molecule has 2 amide bonds. The molecular weight excluding hydrogens is 335 g/mol. The predicted molar refractivity (Wildman–Crippen MR) is 92.8 cm³/mol. The van der Waals surface area contributed by atoms with Crippen molar-refractivity contribution in [3.63, 3.8) is 0 Å². The number of nitrogens with zero attached hydrogens (tertiary/aromatic N) is 4. The molecule has 4 rings (SSSR count). The first-order chi connectivity index (χ1) is 12.5. The summed E-state index contributed by atoms with van der Waals surface area (Å²) in [7, 11) is 0. The van der Waals surface area contributed by atoms with Crippen LogP contribution in [0.3, 0.4) is 0 Å². The van der Waals surface area contributed by atoms with Crippen molar-refractivity contribution in [2.24, 2.45) is 10.3 Å². The molecule has 0 spiro atoms. The van der Waals surface area contributed by atoms with E-state index in [4.69, 9.17) is 0 Å². The zero-order chi connectivity index (χ0) is 18.4. The minimum atomic E-state index is -0.879. The number of hydrogen-bond acceptors (Lipinski definition) is 5. The van der Waals surface area contributed by atoms with Crippen molar-refractivity contribution < 1.29 is 14.0 Å². The van der Waals surface area contributed by atoms with E-state index in [1.54, 1.807) is 24.3 Å². The lowest BCUT2D eigenvalue weighted by molar-refractivity contribution is -0.123. The number of amides is 2. The van der Waals surface area contributed by atoms with Gasteiger partial charge in [-0.05, 0) is 43.2 Å². The molecule has 2 aromatic carbocycles. The molecule has 2 aliphatic rings. The Balaban J connectivity index is 1.63. The Morgan fingerprint density at radius 3 is 2.54 bits per heavy atom. The third kappa shape index (κ3) is 2.47. The normalized spacial score (nSPS) is 21.7. The number of benzene rings is 2. The van der Waals surface area contributed by atoms with E-state index >= 15 is 0 Å². The van der Waals surface area contributed by atoms with Gasteiger partial charge in [-0.15, -0.1) is 0 Å². The van der Waals surface area contributed by atoms with E-state index in [1.165, 1.54) is 11.1 Å². The van der Waals surface area contributed by atoms with Crippen LogP contribution >= 0.6 is 0 Å². The van der Waals surface area contributed by atoms with Crippen molar-refractivity contribution >= 4 is 17.5 Å². The Hall–Kier alpha value is -3.09. The average molecular weight is 352 g/mol. The molecule has 2 heterocycles. The monoisotopic (exact) mass is 352 g/mol. The second kappa shape index (κ2) is 6.01. The van der Waals surface area contributed by atoms with Gasteiger partial charge in [0.2, 0.25) is 0 Å². The van der Waals surface area contributed by atoms with Crippen LogP contribution in [0.2, 0.25) is 0 Å². The number of rotatable bonds is 3. The number of imide groups is 1. The summed E-state index contributed by atoms with van der Waals surface area (Å²) >= 11 is 0. The lowest BCUT2D eigenvalue weighted by Gasteiger charge is -2.21. The van der Waals surface area contributed by atoms with Gasteiger partial charge in [0.1, 0.15) is 5.82 Å². The maximum absolute atomic E-state index is 13.9. The molecular formula is C19H17FN4O2. The van der Waals surface area contributed by atoms with E-state index in [2.05, 4.69) is 10.3 Å². The fourth-order valence-electron chi connectivity index (χ4n) is 3.27. The highest BCUT2D eigenvalue weighted by molar-refractivity contribution is 6.25. The molecule has 0 saturated carbocycles. The van der Waals surface area contributed by atoms with E-state index in [1.807, 2.05) is 26.0 Å². The molecule has 0 aromatic heterocycles. The van der Waals surface area contributed by atoms with Crippen molar-refractivity contribution in [1.29, 1.82) is 0 Å². The predicted octanol–water partition coefficient (Wildman–Crippen LogP) is 2.94. The number of hydrogen-bond donors (Lipinski definition) is 0. The van der Waals surface area contributed by atoms with Crippen LogP contribution in [0.15, 0.2) is 52.8 Å². The van der Waals surface area contributed by atoms with Gasteiger partial charge >= 0.3 is 0 Å². The highest BCUT2D eigenvalue weighted by atomic mass is 19.1. The Kier molecular flexibility index (Phi) is 3.79. The highest BCUT2D eigenvalue weighted by Gasteiger charge is 2.54. The van der Waals surface area contributed by atoms with E-state index in [9.17, 15) is 14.0 Å². The molecule has 2 aromatic rings. The standard InChI is InChI=1S/C19H17FN4O2/c1-11-7-8-14(9-12(11)2)24-18(25)16-17(19(24)26)23(22-21-16)10-13-5-3-4-6-15(13)20/h3-9,16-17H,10H2,1-2H3/t16-,17+/m1/s1. The minimum absolute atomic E-state index is 0.0805. The van der Waals surface area contributed by atoms with E-state index in [0.29, 0.717) is 11.3 Å². The Morgan fingerprint density at radius 1 is 1.04 bits per heavy atom. The molecule has 6 nitrogen and oxygen atoms in total. The summed E-state index contributed by atoms with van der Waals surface area (Å²) in [6.45, 7) is 3.97. The zero-order valence-corrected chi connectivity index (χ0v) is 14.4. The highest BCUT2D eigenvalue weighted by Crippen LogP contribution is 2.33. The van der Waals surface area contributed by atoms with Crippen LogP contribution in [-0.4, -0.2) is 28.9 Å². The van der Waals surface area contributed by atoms with Crippen molar-refractivity contribution in [2.45, 2.75) is 32.5 Å². The average Bonchev–Trinajstić information content (AvgIpc) is 3.13. The lowest BCUT2D eigenvalue weighted by Crippen LogP contribution is -2.39. The molecule has 26 heavy (non-hydrogen) atoms. The van der Waals surface area contributed by atoms with Gasteiger partial charge < -0.3 is 0 Å². The van der Waals surface area contributed by atoms with Gasteiger partial charge in [-0.2, -0.15) is 5.11 Å². The molecule has 2 aliphatic heterocycles. The Morgan fingerprint density at radius 2 is 1.81 bits per heavy atom. The van der Waals surface area contributed by atoms with Gasteiger partial charge in [0.05, 0.1) is 12.2 Å². The molecule has 0 N–H and O–H groups in total. The summed E-state index contributed by atoms with van der Waals surface area (Å²) in [5, 5.41) is 9.30. The zero-order valence-electron chi connectivity index (χ0n) is 14.4. The molecule has 7 heteroatoms. The van der Waals surface area contributed by atoms with E-state index in [0.717, 1.165) is 16.0 Å². The smallest absolute Gasteiger partial charge is 0.263 e. The summed E-state index contributed by atoms with van der Waals surface area (Å²) in [6.07, 6.45) is 0. The summed E-state index contributed by atoms with van der Waals surface area (Å²) in [4.78, 5) is 26.8. The third-order valence-corrected chi connectivity index (χ3v) is 4.90. The summed E-state index contributed by atoms with van der Waals surface area (Å²) in [5.74, 6) is -1.17. The van der Waals surface area contributed by atoms with Gasteiger partial charge in [0.25, 0.3) is 11.8 Å².